The van der Waals surface area contributed by atoms with Crippen molar-refractivity contribution in [3.63, 3.8) is 0 Å². The fraction of sp³-hybridized carbons (Fsp3) is 0.606. The number of halogens is 1. The maximum Gasteiger partial charge on any atom is 0.340 e. The molecule has 0 spiro atoms. The van der Waals surface area contributed by atoms with Crippen LogP contribution < -0.4 is 0 Å². The molecule has 198 valence electrons. The van der Waals surface area contributed by atoms with Crippen molar-refractivity contribution in [1.82, 2.24) is 0 Å². The fourth-order valence-electron chi connectivity index (χ4n) is 5.31. The second-order valence-corrected chi connectivity index (χ2v) is 10.8. The zero-order valence-electron chi connectivity index (χ0n) is 22.7. The lowest BCUT2D eigenvalue weighted by Gasteiger charge is -2.28. The highest BCUT2D eigenvalue weighted by molar-refractivity contribution is 5.74. The van der Waals surface area contributed by atoms with Crippen LogP contribution in [0.5, 0.6) is 0 Å². The van der Waals surface area contributed by atoms with Crippen molar-refractivity contribution < 1.29 is 13.9 Å². The summed E-state index contributed by atoms with van der Waals surface area (Å²) in [7, 11) is 0. The smallest absolute Gasteiger partial charge is 0.340 e. The Bertz CT molecular complexity index is 866. The average Bonchev–Trinajstić information content (AvgIpc) is 2.92. The molecule has 0 aliphatic heterocycles. The lowest BCUT2D eigenvalue weighted by molar-refractivity contribution is -0.157. The van der Waals surface area contributed by atoms with Gasteiger partial charge in [-0.05, 0) is 86.0 Å². The number of esters is 1. The predicted octanol–water partition coefficient (Wildman–Crippen LogP) is 9.43. The number of aryl methyl sites for hydroxylation is 2. The minimum atomic E-state index is -1.45. The summed E-state index contributed by atoms with van der Waals surface area (Å²) >= 11 is 0. The number of hydrogen-bond acceptors (Lipinski definition) is 2. The molecule has 1 atom stereocenters. The van der Waals surface area contributed by atoms with Gasteiger partial charge in [0.05, 0.1) is 0 Å². The van der Waals surface area contributed by atoms with Gasteiger partial charge in [0.15, 0.2) is 6.17 Å². The highest BCUT2D eigenvalue weighted by Crippen LogP contribution is 2.30. The molecule has 0 bridgehead atoms. The van der Waals surface area contributed by atoms with Crippen molar-refractivity contribution >= 4 is 5.97 Å². The lowest BCUT2D eigenvalue weighted by atomic mass is 9.83. The number of rotatable bonds is 15. The van der Waals surface area contributed by atoms with Gasteiger partial charge in [0.2, 0.25) is 0 Å². The maximum absolute atomic E-state index is 13.9. The Balaban J connectivity index is 1.36. The summed E-state index contributed by atoms with van der Waals surface area (Å²) in [5, 5.41) is 0. The van der Waals surface area contributed by atoms with Crippen molar-refractivity contribution in [2.24, 2.45) is 5.92 Å². The van der Waals surface area contributed by atoms with Gasteiger partial charge in [0.25, 0.3) is 0 Å². The highest BCUT2D eigenvalue weighted by atomic mass is 19.1. The molecule has 0 heterocycles. The quantitative estimate of drug-likeness (QED) is 0.182. The number of carbonyl (C=O) groups excluding carboxylic acids is 1. The van der Waals surface area contributed by atoms with Gasteiger partial charge in [0.1, 0.15) is 6.10 Å². The summed E-state index contributed by atoms with van der Waals surface area (Å²) in [4.78, 5) is 11.9. The molecule has 0 aromatic heterocycles. The fourth-order valence-corrected chi connectivity index (χ4v) is 5.31. The molecule has 2 aromatic carbocycles. The van der Waals surface area contributed by atoms with Gasteiger partial charge in [-0.15, -0.1) is 0 Å². The van der Waals surface area contributed by atoms with Crippen LogP contribution in [0.4, 0.5) is 4.39 Å². The van der Waals surface area contributed by atoms with Crippen LogP contribution in [-0.2, 0) is 22.4 Å². The maximum atomic E-state index is 13.9. The van der Waals surface area contributed by atoms with Crippen LogP contribution in [0.1, 0.15) is 108 Å². The number of hydrogen-bond donors (Lipinski definition) is 0. The van der Waals surface area contributed by atoms with Crippen LogP contribution >= 0.6 is 0 Å². The van der Waals surface area contributed by atoms with E-state index in [4.69, 9.17) is 4.74 Å². The molecular weight excluding hydrogens is 447 g/mol. The molecule has 2 aromatic rings. The van der Waals surface area contributed by atoms with Gasteiger partial charge < -0.3 is 4.74 Å². The molecule has 0 N–H and O–H groups in total. The van der Waals surface area contributed by atoms with E-state index in [1.165, 1.54) is 60.8 Å². The predicted molar refractivity (Wildman–Crippen MR) is 149 cm³/mol. The van der Waals surface area contributed by atoms with Crippen molar-refractivity contribution in [2.75, 3.05) is 0 Å². The van der Waals surface area contributed by atoms with Crippen molar-refractivity contribution in [1.29, 1.82) is 0 Å². The summed E-state index contributed by atoms with van der Waals surface area (Å²) in [6, 6.07) is 18.1. The average molecular weight is 495 g/mol. The molecule has 3 heteroatoms. The molecule has 1 fully saturated rings. The molecule has 0 radical (unpaired) electrons. The lowest BCUT2D eigenvalue weighted by Crippen LogP contribution is -2.29. The first-order chi connectivity index (χ1) is 17.6. The molecule has 1 saturated carbocycles. The third kappa shape index (κ3) is 9.71. The van der Waals surface area contributed by atoms with E-state index < -0.39 is 12.1 Å². The van der Waals surface area contributed by atoms with E-state index >= 15 is 0 Å². The third-order valence-corrected chi connectivity index (χ3v) is 7.79. The van der Waals surface area contributed by atoms with E-state index in [-0.39, 0.29) is 12.5 Å². The minimum absolute atomic E-state index is 0.0969. The van der Waals surface area contributed by atoms with E-state index in [0.717, 1.165) is 51.4 Å². The van der Waals surface area contributed by atoms with Gasteiger partial charge in [-0.3, -0.25) is 0 Å². The van der Waals surface area contributed by atoms with Gasteiger partial charge in [-0.2, -0.15) is 0 Å². The normalized spacial score (nSPS) is 18.6. The van der Waals surface area contributed by atoms with E-state index in [1.54, 1.807) is 0 Å². The Morgan fingerprint density at radius 3 is 1.92 bits per heavy atom. The standard InChI is InChI=1S/C33H47FO2/c1-3-5-7-8-9-10-26-14-20-29(21-15-26)30-22-16-27(17-23-30)12-13-28-18-24-31(25-19-28)36-33(35)32(34)11-6-4-2/h14-17,20-23,28,31-32H,3-13,18-19,24-25H2,1-2H3/t28?,31?,32-/m0/s1. The second-order valence-electron chi connectivity index (χ2n) is 10.8. The number of unbranched alkanes of at least 4 members (excludes halogenated alkanes) is 5. The van der Waals surface area contributed by atoms with Gasteiger partial charge in [-0.1, -0.05) is 101 Å². The summed E-state index contributed by atoms with van der Waals surface area (Å²) in [5.41, 5.74) is 5.39. The zero-order chi connectivity index (χ0) is 25.6. The Morgan fingerprint density at radius 1 is 0.778 bits per heavy atom. The molecule has 3 rings (SSSR count). The molecule has 1 aliphatic carbocycles. The van der Waals surface area contributed by atoms with Crippen molar-refractivity contribution in [3.8, 4) is 11.1 Å². The highest BCUT2D eigenvalue weighted by Gasteiger charge is 2.27. The first kappa shape index (κ1) is 28.4. The van der Waals surface area contributed by atoms with Crippen LogP contribution in [0.2, 0.25) is 0 Å². The summed E-state index contributed by atoms with van der Waals surface area (Å²) in [5.74, 6) is 0.0134. The topological polar surface area (TPSA) is 26.3 Å². The minimum Gasteiger partial charge on any atom is -0.460 e. The van der Waals surface area contributed by atoms with Crippen LogP contribution in [-0.4, -0.2) is 18.2 Å². The molecule has 0 unspecified atom stereocenters. The Labute approximate surface area is 219 Å². The van der Waals surface area contributed by atoms with Crippen molar-refractivity contribution in [3.05, 3.63) is 59.7 Å². The van der Waals surface area contributed by atoms with Crippen molar-refractivity contribution in [2.45, 2.75) is 122 Å². The van der Waals surface area contributed by atoms with E-state index in [1.807, 2.05) is 6.92 Å². The first-order valence-corrected chi connectivity index (χ1v) is 14.6. The molecule has 2 nitrogen and oxygen atoms in total. The molecular formula is C33H47FO2. The van der Waals surface area contributed by atoms with Gasteiger partial charge in [-0.25, -0.2) is 9.18 Å². The molecule has 0 saturated heterocycles. The zero-order valence-corrected chi connectivity index (χ0v) is 22.7. The van der Waals surface area contributed by atoms with E-state index in [2.05, 4.69) is 55.5 Å². The second kappa shape index (κ2) is 15.8. The van der Waals surface area contributed by atoms with Crippen LogP contribution in [0.3, 0.4) is 0 Å². The van der Waals surface area contributed by atoms with E-state index in [9.17, 15) is 9.18 Å². The number of benzene rings is 2. The molecule has 36 heavy (non-hydrogen) atoms. The Hall–Kier alpha value is -2.16. The Kier molecular flexibility index (Phi) is 12.5. The third-order valence-electron chi connectivity index (χ3n) is 7.79. The largest absolute Gasteiger partial charge is 0.460 e. The number of ether oxygens (including phenoxy) is 1. The van der Waals surface area contributed by atoms with Gasteiger partial charge in [0, 0.05) is 0 Å². The van der Waals surface area contributed by atoms with Crippen LogP contribution in [0.25, 0.3) is 11.1 Å². The summed E-state index contributed by atoms with van der Waals surface area (Å²) in [6.07, 6.45) is 14.3. The molecule has 1 aliphatic rings. The van der Waals surface area contributed by atoms with Crippen LogP contribution in [0.15, 0.2) is 48.5 Å². The summed E-state index contributed by atoms with van der Waals surface area (Å²) < 4.78 is 19.3. The van der Waals surface area contributed by atoms with Crippen LogP contribution in [0, 0.1) is 5.92 Å². The van der Waals surface area contributed by atoms with Gasteiger partial charge >= 0.3 is 5.97 Å². The number of carbonyl (C=O) groups is 1. The van der Waals surface area contributed by atoms with E-state index in [0.29, 0.717) is 5.92 Å². The summed E-state index contributed by atoms with van der Waals surface area (Å²) in [6.45, 7) is 4.27. The Morgan fingerprint density at radius 2 is 1.33 bits per heavy atom. The first-order valence-electron chi connectivity index (χ1n) is 14.6. The molecule has 0 amide bonds. The monoisotopic (exact) mass is 494 g/mol. The SMILES string of the molecule is CCCCCCCc1ccc(-c2ccc(CCC3CCC(OC(=O)[C@@H](F)CCCC)CC3)cc2)cc1. The number of alkyl halides is 1.